The van der Waals surface area contributed by atoms with Crippen LogP contribution in [0.25, 0.3) is 16.7 Å². The molecular formula is C19H17N5O2. The molecule has 0 bridgehead atoms. The van der Waals surface area contributed by atoms with Crippen molar-refractivity contribution in [2.24, 2.45) is 0 Å². The van der Waals surface area contributed by atoms with Crippen LogP contribution in [-0.2, 0) is 11.2 Å². The Morgan fingerprint density at radius 2 is 2.04 bits per heavy atom. The summed E-state index contributed by atoms with van der Waals surface area (Å²) in [4.78, 5) is 12.5. The summed E-state index contributed by atoms with van der Waals surface area (Å²) in [5.74, 6) is -0.111. The number of benzene rings is 2. The van der Waals surface area contributed by atoms with Crippen LogP contribution in [0.3, 0.4) is 0 Å². The van der Waals surface area contributed by atoms with Crippen LogP contribution in [-0.4, -0.2) is 26.1 Å². The van der Waals surface area contributed by atoms with Crippen LogP contribution >= 0.6 is 0 Å². The molecule has 0 radical (unpaired) electrons. The lowest BCUT2D eigenvalue weighted by atomic mass is 10.0. The average molecular weight is 347 g/mol. The highest BCUT2D eigenvalue weighted by Gasteiger charge is 2.12. The first kappa shape index (κ1) is 16.0. The van der Waals surface area contributed by atoms with Gasteiger partial charge in [0.05, 0.1) is 18.4 Å². The molecule has 1 amide bonds. The molecule has 7 heteroatoms. The maximum Gasteiger partial charge on any atom is 0.228 e. The van der Waals surface area contributed by atoms with Crippen LogP contribution in [0.4, 0.5) is 5.69 Å². The Kier molecular flexibility index (Phi) is 3.96. The second-order valence-electron chi connectivity index (χ2n) is 6.22. The van der Waals surface area contributed by atoms with Crippen LogP contribution in [0.2, 0.25) is 0 Å². The summed E-state index contributed by atoms with van der Waals surface area (Å²) in [5.41, 5.74) is 5.47. The zero-order chi connectivity index (χ0) is 18.1. The van der Waals surface area contributed by atoms with E-state index in [-0.39, 0.29) is 12.3 Å². The smallest absolute Gasteiger partial charge is 0.228 e. The van der Waals surface area contributed by atoms with E-state index in [9.17, 15) is 4.79 Å². The van der Waals surface area contributed by atoms with Gasteiger partial charge in [0.15, 0.2) is 0 Å². The number of furan rings is 1. The molecule has 0 spiro atoms. The molecule has 1 N–H and O–H groups in total. The zero-order valence-electron chi connectivity index (χ0n) is 14.4. The van der Waals surface area contributed by atoms with E-state index < -0.39 is 0 Å². The van der Waals surface area contributed by atoms with Crippen molar-refractivity contribution in [1.82, 2.24) is 20.2 Å². The first-order valence-corrected chi connectivity index (χ1v) is 8.21. The molecule has 0 saturated heterocycles. The summed E-state index contributed by atoms with van der Waals surface area (Å²) < 4.78 is 7.13. The third-order valence-corrected chi connectivity index (χ3v) is 4.36. The molecule has 0 aliphatic carbocycles. The van der Waals surface area contributed by atoms with Gasteiger partial charge in [-0.15, -0.1) is 5.10 Å². The molecule has 2 heterocycles. The van der Waals surface area contributed by atoms with Gasteiger partial charge in [0.25, 0.3) is 0 Å². The lowest BCUT2D eigenvalue weighted by Gasteiger charge is -2.07. The maximum atomic E-state index is 12.5. The van der Waals surface area contributed by atoms with Gasteiger partial charge in [0.2, 0.25) is 5.91 Å². The van der Waals surface area contributed by atoms with Gasteiger partial charge in [0, 0.05) is 16.6 Å². The number of aromatic nitrogens is 4. The summed E-state index contributed by atoms with van der Waals surface area (Å²) >= 11 is 0. The Bertz CT molecular complexity index is 1080. The molecule has 0 unspecified atom stereocenters. The van der Waals surface area contributed by atoms with Crippen molar-refractivity contribution in [3.05, 3.63) is 65.7 Å². The molecule has 0 aliphatic heterocycles. The summed E-state index contributed by atoms with van der Waals surface area (Å²) in [7, 11) is 0. The van der Waals surface area contributed by atoms with Crippen LogP contribution in [0.1, 0.15) is 16.7 Å². The average Bonchev–Trinajstić information content (AvgIpc) is 3.27. The van der Waals surface area contributed by atoms with E-state index in [1.807, 2.05) is 37.3 Å². The van der Waals surface area contributed by atoms with Crippen molar-refractivity contribution < 1.29 is 9.21 Å². The molecule has 0 saturated carbocycles. The SMILES string of the molecule is Cc1cc2occ(CC(=O)Nc3cccc(-n4cnnn4)c3)c2cc1C. The number of rotatable bonds is 4. The standard InChI is InChI=1S/C19H17N5O2/c1-12-6-17-14(10-26-18(17)7-13(12)2)8-19(25)21-15-4-3-5-16(9-15)24-11-20-22-23-24/h3-7,9-11H,8H2,1-2H3,(H,21,25). The predicted octanol–water partition coefficient (Wildman–Crippen LogP) is 3.21. The molecule has 2 aromatic carbocycles. The highest BCUT2D eigenvalue weighted by Crippen LogP contribution is 2.25. The van der Waals surface area contributed by atoms with Gasteiger partial charge < -0.3 is 9.73 Å². The molecule has 130 valence electrons. The number of hydrogen-bond acceptors (Lipinski definition) is 5. The Hall–Kier alpha value is -3.48. The van der Waals surface area contributed by atoms with Gasteiger partial charge in [-0.25, -0.2) is 4.68 Å². The minimum Gasteiger partial charge on any atom is -0.464 e. The number of anilines is 1. The van der Waals surface area contributed by atoms with E-state index in [0.717, 1.165) is 22.2 Å². The Labute approximate surface area is 149 Å². The number of amides is 1. The summed E-state index contributed by atoms with van der Waals surface area (Å²) in [6.45, 7) is 4.09. The third-order valence-electron chi connectivity index (χ3n) is 4.36. The van der Waals surface area contributed by atoms with E-state index in [1.165, 1.54) is 22.1 Å². The van der Waals surface area contributed by atoms with E-state index in [0.29, 0.717) is 5.69 Å². The number of fused-ring (bicyclic) bond motifs is 1. The number of aryl methyl sites for hydroxylation is 2. The number of carbonyl (C=O) groups is 1. The maximum absolute atomic E-state index is 12.5. The second kappa shape index (κ2) is 6.44. The monoisotopic (exact) mass is 347 g/mol. The minimum absolute atomic E-state index is 0.111. The largest absolute Gasteiger partial charge is 0.464 e. The normalized spacial score (nSPS) is 11.0. The first-order chi connectivity index (χ1) is 12.6. The van der Waals surface area contributed by atoms with Gasteiger partial charge in [-0.3, -0.25) is 4.79 Å². The molecule has 4 rings (SSSR count). The molecule has 7 nitrogen and oxygen atoms in total. The fourth-order valence-corrected chi connectivity index (χ4v) is 2.86. The minimum atomic E-state index is -0.111. The predicted molar refractivity (Wildman–Crippen MR) is 97.2 cm³/mol. The number of tetrazole rings is 1. The third kappa shape index (κ3) is 3.06. The lowest BCUT2D eigenvalue weighted by molar-refractivity contribution is -0.115. The van der Waals surface area contributed by atoms with Crippen molar-refractivity contribution in [3.63, 3.8) is 0 Å². The lowest BCUT2D eigenvalue weighted by Crippen LogP contribution is -2.14. The quantitative estimate of drug-likeness (QED) is 0.613. The Balaban J connectivity index is 1.53. The summed E-state index contributed by atoms with van der Waals surface area (Å²) in [6, 6.07) is 11.4. The fraction of sp³-hybridized carbons (Fsp3) is 0.158. The second-order valence-corrected chi connectivity index (χ2v) is 6.22. The summed E-state index contributed by atoms with van der Waals surface area (Å²) in [5, 5.41) is 15.0. The number of nitrogens with zero attached hydrogens (tertiary/aromatic N) is 4. The van der Waals surface area contributed by atoms with E-state index in [4.69, 9.17) is 4.42 Å². The number of nitrogens with one attached hydrogen (secondary N) is 1. The van der Waals surface area contributed by atoms with Crippen LogP contribution < -0.4 is 5.32 Å². The molecule has 2 aromatic heterocycles. The topological polar surface area (TPSA) is 85.8 Å². The molecule has 0 aliphatic rings. The highest BCUT2D eigenvalue weighted by atomic mass is 16.3. The van der Waals surface area contributed by atoms with Gasteiger partial charge >= 0.3 is 0 Å². The Morgan fingerprint density at radius 1 is 1.19 bits per heavy atom. The fourth-order valence-electron chi connectivity index (χ4n) is 2.86. The van der Waals surface area contributed by atoms with Gasteiger partial charge in [-0.2, -0.15) is 0 Å². The van der Waals surface area contributed by atoms with E-state index in [1.54, 1.807) is 6.26 Å². The Morgan fingerprint density at radius 3 is 2.85 bits per heavy atom. The van der Waals surface area contributed by atoms with Gasteiger partial charge in [0.1, 0.15) is 11.9 Å². The van der Waals surface area contributed by atoms with Crippen molar-refractivity contribution in [3.8, 4) is 5.69 Å². The van der Waals surface area contributed by atoms with Crippen molar-refractivity contribution >= 4 is 22.6 Å². The van der Waals surface area contributed by atoms with Crippen LogP contribution in [0.5, 0.6) is 0 Å². The molecular weight excluding hydrogens is 330 g/mol. The van der Waals surface area contributed by atoms with E-state index >= 15 is 0 Å². The van der Waals surface area contributed by atoms with E-state index in [2.05, 4.69) is 33.8 Å². The molecule has 0 fully saturated rings. The van der Waals surface area contributed by atoms with Crippen LogP contribution in [0, 0.1) is 13.8 Å². The van der Waals surface area contributed by atoms with Gasteiger partial charge in [-0.05, 0) is 65.7 Å². The molecule has 4 aromatic rings. The van der Waals surface area contributed by atoms with Crippen LogP contribution in [0.15, 0.2) is 53.4 Å². The number of carbonyl (C=O) groups excluding carboxylic acids is 1. The van der Waals surface area contributed by atoms with Crippen molar-refractivity contribution in [1.29, 1.82) is 0 Å². The van der Waals surface area contributed by atoms with Crippen molar-refractivity contribution in [2.75, 3.05) is 5.32 Å². The summed E-state index contributed by atoms with van der Waals surface area (Å²) in [6.07, 6.45) is 3.40. The molecule has 26 heavy (non-hydrogen) atoms. The number of hydrogen-bond donors (Lipinski definition) is 1. The van der Waals surface area contributed by atoms with Crippen molar-refractivity contribution in [2.45, 2.75) is 20.3 Å². The zero-order valence-corrected chi connectivity index (χ0v) is 14.4. The highest BCUT2D eigenvalue weighted by molar-refractivity contribution is 5.95. The molecule has 0 atom stereocenters. The first-order valence-electron chi connectivity index (χ1n) is 8.21. The van der Waals surface area contributed by atoms with Gasteiger partial charge in [-0.1, -0.05) is 6.07 Å².